The van der Waals surface area contributed by atoms with Crippen LogP contribution in [0.5, 0.6) is 11.5 Å². The SMILES string of the molecule is COc1ccc2c(c1)CC(C(=O)N1CCN(Cc3ccc(F)cc3Cl)CC1)CO2. The zero-order chi connectivity index (χ0) is 20.4. The highest BCUT2D eigenvalue weighted by Gasteiger charge is 2.31. The first kappa shape index (κ1) is 20.0. The van der Waals surface area contributed by atoms with Gasteiger partial charge in [0.05, 0.1) is 13.0 Å². The van der Waals surface area contributed by atoms with Crippen LogP contribution in [0.15, 0.2) is 36.4 Å². The third-order valence-corrected chi connectivity index (χ3v) is 5.97. The summed E-state index contributed by atoms with van der Waals surface area (Å²) in [6.45, 7) is 3.91. The summed E-state index contributed by atoms with van der Waals surface area (Å²) in [5, 5.41) is 0.442. The number of ether oxygens (including phenoxy) is 2. The van der Waals surface area contributed by atoms with Crippen LogP contribution in [0.4, 0.5) is 4.39 Å². The molecule has 154 valence electrons. The minimum absolute atomic E-state index is 0.137. The fourth-order valence-corrected chi connectivity index (χ4v) is 4.16. The third kappa shape index (κ3) is 4.49. The lowest BCUT2D eigenvalue weighted by atomic mass is 9.95. The van der Waals surface area contributed by atoms with E-state index in [1.165, 1.54) is 12.1 Å². The van der Waals surface area contributed by atoms with Crippen molar-refractivity contribution in [1.29, 1.82) is 0 Å². The smallest absolute Gasteiger partial charge is 0.229 e. The topological polar surface area (TPSA) is 42.0 Å². The van der Waals surface area contributed by atoms with Crippen LogP contribution in [0.3, 0.4) is 0 Å². The van der Waals surface area contributed by atoms with Crippen LogP contribution in [0.1, 0.15) is 11.1 Å². The molecule has 1 unspecified atom stereocenters. The van der Waals surface area contributed by atoms with Crippen molar-refractivity contribution in [2.24, 2.45) is 5.92 Å². The Kier molecular flexibility index (Phi) is 5.92. The van der Waals surface area contributed by atoms with Crippen molar-refractivity contribution in [3.8, 4) is 11.5 Å². The molecule has 2 aliphatic heterocycles. The monoisotopic (exact) mass is 418 g/mol. The number of methoxy groups -OCH3 is 1. The average Bonchev–Trinajstić information content (AvgIpc) is 2.75. The Morgan fingerprint density at radius 3 is 2.72 bits per heavy atom. The molecule has 4 rings (SSSR count). The summed E-state index contributed by atoms with van der Waals surface area (Å²) in [5.74, 6) is 1.23. The molecule has 0 bridgehead atoms. The molecule has 0 spiro atoms. The van der Waals surface area contributed by atoms with Crippen molar-refractivity contribution in [1.82, 2.24) is 9.80 Å². The molecule has 1 fully saturated rings. The maximum Gasteiger partial charge on any atom is 0.229 e. The summed E-state index contributed by atoms with van der Waals surface area (Å²) in [6.07, 6.45) is 0.663. The molecule has 5 nitrogen and oxygen atoms in total. The second kappa shape index (κ2) is 8.59. The maximum absolute atomic E-state index is 13.2. The van der Waals surface area contributed by atoms with Gasteiger partial charge in [-0.1, -0.05) is 17.7 Å². The molecule has 0 aliphatic carbocycles. The van der Waals surface area contributed by atoms with E-state index < -0.39 is 0 Å². The van der Waals surface area contributed by atoms with Crippen LogP contribution in [0.2, 0.25) is 5.02 Å². The summed E-state index contributed by atoms with van der Waals surface area (Å²) >= 11 is 6.14. The summed E-state index contributed by atoms with van der Waals surface area (Å²) in [4.78, 5) is 17.2. The molecule has 29 heavy (non-hydrogen) atoms. The van der Waals surface area contributed by atoms with Gasteiger partial charge >= 0.3 is 0 Å². The predicted octanol–water partition coefficient (Wildman–Crippen LogP) is 3.38. The molecule has 1 amide bonds. The predicted molar refractivity (Wildman–Crippen MR) is 109 cm³/mol. The number of amides is 1. The van der Waals surface area contributed by atoms with E-state index in [1.54, 1.807) is 13.2 Å². The Balaban J connectivity index is 1.33. The van der Waals surface area contributed by atoms with E-state index in [-0.39, 0.29) is 17.6 Å². The minimum atomic E-state index is -0.330. The number of hydrogen-bond acceptors (Lipinski definition) is 4. The van der Waals surface area contributed by atoms with Crippen LogP contribution in [-0.4, -0.2) is 55.6 Å². The molecular weight excluding hydrogens is 395 g/mol. The molecule has 0 radical (unpaired) electrons. The van der Waals surface area contributed by atoms with Gasteiger partial charge in [-0.05, 0) is 47.9 Å². The van der Waals surface area contributed by atoms with Crippen LogP contribution in [0, 0.1) is 11.7 Å². The quantitative estimate of drug-likeness (QED) is 0.763. The van der Waals surface area contributed by atoms with Gasteiger partial charge in [-0.2, -0.15) is 0 Å². The Morgan fingerprint density at radius 1 is 1.21 bits per heavy atom. The highest BCUT2D eigenvalue weighted by Crippen LogP contribution is 2.31. The molecule has 2 aromatic carbocycles. The lowest BCUT2D eigenvalue weighted by Gasteiger charge is -2.37. The Bertz CT molecular complexity index is 900. The molecule has 2 heterocycles. The number of benzene rings is 2. The third-order valence-electron chi connectivity index (χ3n) is 5.62. The first-order chi connectivity index (χ1) is 14.0. The minimum Gasteiger partial charge on any atom is -0.497 e. The standard InChI is InChI=1S/C22H24ClFN2O3/c1-28-19-4-5-21-16(11-19)10-17(14-29-21)22(27)26-8-6-25(7-9-26)13-15-2-3-18(24)12-20(15)23/h2-5,11-12,17H,6-10,13-14H2,1H3. The van der Waals surface area contributed by atoms with Crippen LogP contribution in [0.25, 0.3) is 0 Å². The summed E-state index contributed by atoms with van der Waals surface area (Å²) in [7, 11) is 1.63. The van der Waals surface area contributed by atoms with Crippen molar-refractivity contribution < 1.29 is 18.7 Å². The molecule has 2 aliphatic rings. The fraction of sp³-hybridized carbons (Fsp3) is 0.409. The number of fused-ring (bicyclic) bond motifs is 1. The van der Waals surface area contributed by atoms with E-state index in [9.17, 15) is 9.18 Å². The summed E-state index contributed by atoms with van der Waals surface area (Å²) in [6, 6.07) is 10.2. The number of rotatable bonds is 4. The van der Waals surface area contributed by atoms with Gasteiger partial charge in [-0.15, -0.1) is 0 Å². The summed E-state index contributed by atoms with van der Waals surface area (Å²) in [5.41, 5.74) is 1.91. The highest BCUT2D eigenvalue weighted by molar-refractivity contribution is 6.31. The van der Waals surface area contributed by atoms with Gasteiger partial charge in [-0.25, -0.2) is 4.39 Å². The molecule has 1 saturated heterocycles. The molecule has 7 heteroatoms. The van der Waals surface area contributed by atoms with Crippen molar-refractivity contribution in [2.75, 3.05) is 39.9 Å². The maximum atomic E-state index is 13.2. The normalized spacial score (nSPS) is 19.4. The van der Waals surface area contributed by atoms with Gasteiger partial charge in [0, 0.05) is 37.7 Å². The van der Waals surface area contributed by atoms with E-state index in [2.05, 4.69) is 4.90 Å². The van der Waals surface area contributed by atoms with E-state index in [4.69, 9.17) is 21.1 Å². The summed E-state index contributed by atoms with van der Waals surface area (Å²) < 4.78 is 24.3. The van der Waals surface area contributed by atoms with E-state index in [1.807, 2.05) is 23.1 Å². The number of nitrogens with zero attached hydrogens (tertiary/aromatic N) is 2. The second-order valence-electron chi connectivity index (χ2n) is 7.52. The Labute approximate surface area is 175 Å². The highest BCUT2D eigenvalue weighted by atomic mass is 35.5. The molecular formula is C22H24ClFN2O3. The lowest BCUT2D eigenvalue weighted by molar-refractivity contribution is -0.138. The van der Waals surface area contributed by atoms with Crippen molar-refractivity contribution in [2.45, 2.75) is 13.0 Å². The van der Waals surface area contributed by atoms with Crippen LogP contribution in [-0.2, 0) is 17.8 Å². The lowest BCUT2D eigenvalue weighted by Crippen LogP contribution is -2.51. The number of carbonyl (C=O) groups is 1. The zero-order valence-electron chi connectivity index (χ0n) is 16.4. The van der Waals surface area contributed by atoms with E-state index >= 15 is 0 Å². The molecule has 0 N–H and O–H groups in total. The van der Waals surface area contributed by atoms with Gasteiger partial charge in [-0.3, -0.25) is 9.69 Å². The van der Waals surface area contributed by atoms with Crippen LogP contribution >= 0.6 is 11.6 Å². The Hall–Kier alpha value is -2.31. The van der Waals surface area contributed by atoms with Gasteiger partial charge in [0.2, 0.25) is 5.91 Å². The van der Waals surface area contributed by atoms with Crippen molar-refractivity contribution >= 4 is 17.5 Å². The first-order valence-electron chi connectivity index (χ1n) is 9.78. The number of halogens is 2. The molecule has 0 saturated carbocycles. The Morgan fingerprint density at radius 2 is 2.00 bits per heavy atom. The number of piperazine rings is 1. The number of carbonyl (C=O) groups excluding carboxylic acids is 1. The molecule has 1 atom stereocenters. The first-order valence-corrected chi connectivity index (χ1v) is 10.2. The van der Waals surface area contributed by atoms with E-state index in [0.717, 1.165) is 35.7 Å². The van der Waals surface area contributed by atoms with Gasteiger partial charge in [0.1, 0.15) is 23.9 Å². The van der Waals surface area contributed by atoms with E-state index in [0.29, 0.717) is 37.7 Å². The molecule has 0 aromatic heterocycles. The van der Waals surface area contributed by atoms with Crippen molar-refractivity contribution in [3.63, 3.8) is 0 Å². The van der Waals surface area contributed by atoms with Crippen LogP contribution < -0.4 is 9.47 Å². The van der Waals surface area contributed by atoms with Crippen molar-refractivity contribution in [3.05, 3.63) is 58.4 Å². The zero-order valence-corrected chi connectivity index (χ0v) is 17.1. The van der Waals surface area contributed by atoms with Gasteiger partial charge in [0.25, 0.3) is 0 Å². The largest absolute Gasteiger partial charge is 0.497 e. The molecule has 2 aromatic rings. The number of hydrogen-bond donors (Lipinski definition) is 0. The van der Waals surface area contributed by atoms with Gasteiger partial charge in [0.15, 0.2) is 0 Å². The fourth-order valence-electron chi connectivity index (χ4n) is 3.93. The second-order valence-corrected chi connectivity index (χ2v) is 7.93. The average molecular weight is 419 g/mol. The van der Waals surface area contributed by atoms with Gasteiger partial charge < -0.3 is 14.4 Å².